The zero-order valence-electron chi connectivity index (χ0n) is 12.4. The summed E-state index contributed by atoms with van der Waals surface area (Å²) in [5, 5.41) is 13.9. The van der Waals surface area contributed by atoms with Crippen LogP contribution in [0.3, 0.4) is 0 Å². The van der Waals surface area contributed by atoms with Gasteiger partial charge in [0.1, 0.15) is 4.83 Å². The zero-order chi connectivity index (χ0) is 16.4. The Labute approximate surface area is 145 Å². The molecule has 0 unspecified atom stereocenters. The minimum Gasteiger partial charge on any atom is -0.283 e. The summed E-state index contributed by atoms with van der Waals surface area (Å²) in [5.41, 5.74) is 0.854. The van der Waals surface area contributed by atoms with E-state index in [9.17, 15) is 4.79 Å². The smallest absolute Gasteiger partial charge is 0.263 e. The van der Waals surface area contributed by atoms with Gasteiger partial charge < -0.3 is 0 Å². The Balaban J connectivity index is 2.25. The predicted octanol–water partition coefficient (Wildman–Crippen LogP) is 4.38. The van der Waals surface area contributed by atoms with E-state index in [-0.39, 0.29) is 10.8 Å². The third-order valence-electron chi connectivity index (χ3n) is 3.22. The molecule has 0 radical (unpaired) electrons. The molecule has 0 saturated heterocycles. The lowest BCUT2D eigenvalue weighted by molar-refractivity contribution is 0.672. The van der Waals surface area contributed by atoms with Crippen molar-refractivity contribution < 1.29 is 0 Å². The highest BCUT2D eigenvalue weighted by atomic mass is 32.2. The first-order chi connectivity index (χ1) is 11.2. The lowest BCUT2D eigenvalue weighted by Crippen LogP contribution is -2.23. The maximum atomic E-state index is 13.0. The van der Waals surface area contributed by atoms with Gasteiger partial charge in [0.25, 0.3) is 5.56 Å². The summed E-state index contributed by atoms with van der Waals surface area (Å²) >= 11 is 4.36. The summed E-state index contributed by atoms with van der Waals surface area (Å²) in [6.07, 6.45) is 1.67. The average Bonchev–Trinajstić information content (AvgIpc) is 3.19. The highest BCUT2D eigenvalue weighted by molar-refractivity contribution is 8.00. The minimum absolute atomic E-state index is 0.0767. The molecule has 0 fully saturated rings. The van der Waals surface area contributed by atoms with Crippen molar-refractivity contribution in [2.45, 2.75) is 23.9 Å². The Morgan fingerprint density at radius 2 is 2.39 bits per heavy atom. The number of allylic oxidation sites excluding steroid dienone is 1. The molecule has 4 nitrogen and oxygen atoms in total. The van der Waals surface area contributed by atoms with Crippen molar-refractivity contribution in [1.82, 2.24) is 9.55 Å². The summed E-state index contributed by atoms with van der Waals surface area (Å²) in [4.78, 5) is 19.4. The Bertz CT molecular complexity index is 948. The largest absolute Gasteiger partial charge is 0.283 e. The third kappa shape index (κ3) is 2.98. The molecule has 0 aliphatic rings. The van der Waals surface area contributed by atoms with E-state index in [1.165, 1.54) is 23.1 Å². The van der Waals surface area contributed by atoms with Crippen molar-refractivity contribution in [1.29, 1.82) is 5.26 Å². The average molecular weight is 360 g/mol. The van der Waals surface area contributed by atoms with Crippen LogP contribution in [0.4, 0.5) is 0 Å². The maximum Gasteiger partial charge on any atom is 0.263 e. The zero-order valence-corrected chi connectivity index (χ0v) is 14.8. The molecule has 0 bridgehead atoms. The van der Waals surface area contributed by atoms with Crippen molar-refractivity contribution in [3.8, 4) is 16.5 Å². The molecule has 3 aromatic heterocycles. The highest BCUT2D eigenvalue weighted by Gasteiger charge is 2.18. The van der Waals surface area contributed by atoms with E-state index in [1.807, 2.05) is 22.9 Å². The molecule has 23 heavy (non-hydrogen) atoms. The van der Waals surface area contributed by atoms with Crippen LogP contribution < -0.4 is 5.56 Å². The molecule has 116 valence electrons. The third-order valence-corrected chi connectivity index (χ3v) is 5.98. The number of thiophene rings is 2. The van der Waals surface area contributed by atoms with Gasteiger partial charge in [-0.2, -0.15) is 5.26 Å². The molecular weight excluding hydrogens is 346 g/mol. The number of fused-ring (bicyclic) bond motifs is 1. The fraction of sp³-hybridized carbons (Fsp3) is 0.188. The molecule has 0 N–H and O–H groups in total. The number of hydrogen-bond donors (Lipinski definition) is 0. The molecule has 0 amide bonds. The van der Waals surface area contributed by atoms with Crippen LogP contribution >= 0.6 is 34.4 Å². The van der Waals surface area contributed by atoms with Crippen molar-refractivity contribution in [3.05, 3.63) is 45.9 Å². The van der Waals surface area contributed by atoms with Crippen LogP contribution in [0.2, 0.25) is 0 Å². The first-order valence-corrected chi connectivity index (χ1v) is 9.52. The molecule has 0 saturated carbocycles. The van der Waals surface area contributed by atoms with Gasteiger partial charge in [0.15, 0.2) is 5.16 Å². The second-order valence-electron chi connectivity index (χ2n) is 4.79. The van der Waals surface area contributed by atoms with E-state index >= 15 is 0 Å². The number of hydrogen-bond acceptors (Lipinski definition) is 6. The van der Waals surface area contributed by atoms with Crippen LogP contribution in [0.15, 0.2) is 45.5 Å². The Morgan fingerprint density at radius 1 is 1.57 bits per heavy atom. The lowest BCUT2D eigenvalue weighted by atomic mass is 10.2. The standard InChI is InChI=1S/C16H13N3OS3/c1-3-6-19-15(20)13-11(12-5-4-7-21-12)9-22-14(13)18-16(19)23-10(2)8-17/h3-5,7,9-10H,1,6H2,2H3/t10-/m0/s1. The molecule has 0 aromatic carbocycles. The van der Waals surface area contributed by atoms with E-state index in [0.717, 1.165) is 10.4 Å². The van der Waals surface area contributed by atoms with E-state index in [1.54, 1.807) is 28.9 Å². The van der Waals surface area contributed by atoms with Gasteiger partial charge in [-0.15, -0.1) is 29.3 Å². The predicted molar refractivity (Wildman–Crippen MR) is 98.3 cm³/mol. The maximum absolute atomic E-state index is 13.0. The van der Waals surface area contributed by atoms with Crippen LogP contribution in [0.25, 0.3) is 20.7 Å². The number of thioether (sulfide) groups is 1. The summed E-state index contributed by atoms with van der Waals surface area (Å²) in [5.74, 6) is 0. The number of aromatic nitrogens is 2. The number of rotatable bonds is 5. The fourth-order valence-electron chi connectivity index (χ4n) is 2.18. The van der Waals surface area contributed by atoms with Gasteiger partial charge in [0, 0.05) is 22.4 Å². The Morgan fingerprint density at radius 3 is 3.04 bits per heavy atom. The van der Waals surface area contributed by atoms with Gasteiger partial charge in [-0.25, -0.2) is 4.98 Å². The molecule has 3 heterocycles. The van der Waals surface area contributed by atoms with Crippen molar-refractivity contribution in [2.75, 3.05) is 0 Å². The lowest BCUT2D eigenvalue weighted by Gasteiger charge is -2.11. The van der Waals surface area contributed by atoms with Gasteiger partial charge in [0.05, 0.1) is 16.7 Å². The Kier molecular flexibility index (Phi) is 4.66. The first-order valence-electron chi connectivity index (χ1n) is 6.88. The molecule has 1 atom stereocenters. The van der Waals surface area contributed by atoms with Gasteiger partial charge in [-0.05, 0) is 18.4 Å². The molecule has 0 spiro atoms. The Hall–Kier alpha value is -1.88. The van der Waals surface area contributed by atoms with Crippen molar-refractivity contribution in [3.63, 3.8) is 0 Å². The molecule has 3 aromatic rings. The normalized spacial score (nSPS) is 12.2. The van der Waals surface area contributed by atoms with Crippen LogP contribution in [-0.4, -0.2) is 14.8 Å². The van der Waals surface area contributed by atoms with Crippen LogP contribution in [0, 0.1) is 11.3 Å². The van der Waals surface area contributed by atoms with Gasteiger partial charge in [-0.3, -0.25) is 9.36 Å². The summed E-state index contributed by atoms with van der Waals surface area (Å²) in [7, 11) is 0. The molecular formula is C16H13N3OS3. The monoisotopic (exact) mass is 359 g/mol. The van der Waals surface area contributed by atoms with E-state index < -0.39 is 0 Å². The highest BCUT2D eigenvalue weighted by Crippen LogP contribution is 2.34. The van der Waals surface area contributed by atoms with Crippen molar-refractivity contribution >= 4 is 44.7 Å². The summed E-state index contributed by atoms with van der Waals surface area (Å²) < 4.78 is 1.59. The molecule has 0 aliphatic heterocycles. The van der Waals surface area contributed by atoms with E-state index in [0.29, 0.717) is 21.9 Å². The van der Waals surface area contributed by atoms with E-state index in [2.05, 4.69) is 17.6 Å². The quantitative estimate of drug-likeness (QED) is 0.385. The fourth-order valence-corrected chi connectivity index (χ4v) is 4.79. The second-order valence-corrected chi connectivity index (χ2v) is 7.91. The van der Waals surface area contributed by atoms with Gasteiger partial charge in [0.2, 0.25) is 0 Å². The molecule has 3 rings (SSSR count). The van der Waals surface area contributed by atoms with Crippen LogP contribution in [-0.2, 0) is 6.54 Å². The van der Waals surface area contributed by atoms with Gasteiger partial charge >= 0.3 is 0 Å². The van der Waals surface area contributed by atoms with Crippen LogP contribution in [0.1, 0.15) is 6.92 Å². The second kappa shape index (κ2) is 6.71. The number of nitrogens with zero attached hydrogens (tertiary/aromatic N) is 3. The van der Waals surface area contributed by atoms with Crippen molar-refractivity contribution in [2.24, 2.45) is 0 Å². The van der Waals surface area contributed by atoms with Gasteiger partial charge in [-0.1, -0.05) is 23.9 Å². The van der Waals surface area contributed by atoms with Crippen LogP contribution in [0.5, 0.6) is 0 Å². The minimum atomic E-state index is -0.271. The summed E-state index contributed by atoms with van der Waals surface area (Å²) in [6, 6.07) is 6.14. The molecule has 0 aliphatic carbocycles. The topological polar surface area (TPSA) is 58.7 Å². The summed E-state index contributed by atoms with van der Waals surface area (Å²) in [6.45, 7) is 5.89. The SMILES string of the molecule is C=CCn1c(S[C@@H](C)C#N)nc2scc(-c3cccs3)c2c1=O. The number of nitriles is 1. The first kappa shape index (κ1) is 16.0. The molecule has 7 heteroatoms. The van der Waals surface area contributed by atoms with E-state index in [4.69, 9.17) is 5.26 Å².